The molecule has 1 aromatic heterocycles. The van der Waals surface area contributed by atoms with Gasteiger partial charge in [-0.1, -0.05) is 121 Å². The fourth-order valence-corrected chi connectivity index (χ4v) is 4.62. The number of hydrogen-bond donors (Lipinski definition) is 0. The Bertz CT molecular complexity index is 673. The smallest absolute Gasteiger partial charge is 0.108 e. The van der Waals surface area contributed by atoms with Crippen LogP contribution in [0.5, 0.6) is 0 Å². The zero-order valence-corrected chi connectivity index (χ0v) is 21.3. The van der Waals surface area contributed by atoms with Crippen LogP contribution in [-0.2, 0) is 25.8 Å². The Morgan fingerprint density at radius 2 is 1.19 bits per heavy atom. The highest BCUT2D eigenvalue weighted by molar-refractivity contribution is 5.15. The Balaban J connectivity index is 1.76. The summed E-state index contributed by atoms with van der Waals surface area (Å²) in [6.45, 7) is 5.75. The van der Waals surface area contributed by atoms with Gasteiger partial charge in [-0.15, -0.1) is 0 Å². The van der Waals surface area contributed by atoms with Crippen molar-refractivity contribution in [2.45, 2.75) is 136 Å². The highest BCUT2D eigenvalue weighted by Crippen LogP contribution is 2.15. The van der Waals surface area contributed by atoms with Gasteiger partial charge in [0.15, 0.2) is 0 Å². The second-order valence-electron chi connectivity index (χ2n) is 9.67. The summed E-state index contributed by atoms with van der Waals surface area (Å²) in [5, 5.41) is 0. The molecule has 0 saturated carbocycles. The van der Waals surface area contributed by atoms with E-state index < -0.39 is 0 Å². The molecule has 0 aliphatic heterocycles. The maximum atomic E-state index is 5.09. The molecule has 0 amide bonds. The minimum atomic E-state index is 1.10. The summed E-state index contributed by atoms with van der Waals surface area (Å²) in [5.74, 6) is 1.35. The largest absolute Gasteiger partial charge is 0.335 e. The normalized spacial score (nSPS) is 11.3. The summed E-state index contributed by atoms with van der Waals surface area (Å²) in [4.78, 5) is 5.09. The van der Waals surface area contributed by atoms with Crippen molar-refractivity contribution in [2.24, 2.45) is 0 Å². The Morgan fingerprint density at radius 1 is 0.594 bits per heavy atom. The van der Waals surface area contributed by atoms with Gasteiger partial charge in [0.1, 0.15) is 5.82 Å². The van der Waals surface area contributed by atoms with Gasteiger partial charge in [-0.2, -0.15) is 0 Å². The third-order valence-corrected chi connectivity index (χ3v) is 6.66. The topological polar surface area (TPSA) is 17.8 Å². The van der Waals surface area contributed by atoms with E-state index in [0.29, 0.717) is 0 Å². The number of aryl methyl sites for hydroxylation is 4. The third kappa shape index (κ3) is 11.9. The number of imidazole rings is 1. The first kappa shape index (κ1) is 26.7. The molecule has 0 saturated heterocycles. The zero-order chi connectivity index (χ0) is 22.7. The molecule has 32 heavy (non-hydrogen) atoms. The van der Waals surface area contributed by atoms with Gasteiger partial charge in [0.2, 0.25) is 0 Å². The van der Waals surface area contributed by atoms with E-state index in [1.54, 1.807) is 0 Å². The quantitative estimate of drug-likeness (QED) is 0.188. The number of benzene rings is 1. The van der Waals surface area contributed by atoms with Gasteiger partial charge in [-0.3, -0.25) is 0 Å². The molecule has 2 heteroatoms. The van der Waals surface area contributed by atoms with Crippen molar-refractivity contribution in [3.63, 3.8) is 0 Å². The summed E-state index contributed by atoms with van der Waals surface area (Å²) in [7, 11) is 0. The molecule has 2 aromatic rings. The number of nitrogens with zero attached hydrogens (tertiary/aromatic N) is 2. The van der Waals surface area contributed by atoms with E-state index in [1.165, 1.54) is 113 Å². The van der Waals surface area contributed by atoms with Crippen molar-refractivity contribution in [1.82, 2.24) is 9.55 Å². The molecule has 1 aromatic carbocycles. The molecule has 0 unspecified atom stereocenters. The Hall–Kier alpha value is -1.57. The first-order valence-corrected chi connectivity index (χ1v) is 13.9. The van der Waals surface area contributed by atoms with Crippen molar-refractivity contribution in [3.8, 4) is 0 Å². The Kier molecular flexibility index (Phi) is 14.9. The summed E-state index contributed by atoms with van der Waals surface area (Å²) >= 11 is 0. The zero-order valence-electron chi connectivity index (χ0n) is 21.3. The van der Waals surface area contributed by atoms with E-state index in [0.717, 1.165) is 25.8 Å². The molecule has 0 N–H and O–H groups in total. The third-order valence-electron chi connectivity index (χ3n) is 6.66. The summed E-state index contributed by atoms with van der Waals surface area (Å²) in [5.41, 5.74) is 2.75. The maximum Gasteiger partial charge on any atom is 0.108 e. The van der Waals surface area contributed by atoms with E-state index in [1.807, 2.05) is 0 Å². The van der Waals surface area contributed by atoms with E-state index in [-0.39, 0.29) is 0 Å². The van der Waals surface area contributed by atoms with Crippen LogP contribution in [0.15, 0.2) is 36.5 Å². The number of aromatic nitrogens is 2. The molecule has 0 aliphatic rings. The van der Waals surface area contributed by atoms with Gasteiger partial charge in [-0.05, 0) is 37.7 Å². The van der Waals surface area contributed by atoms with Crippen molar-refractivity contribution in [1.29, 1.82) is 0 Å². The molecule has 0 spiro atoms. The van der Waals surface area contributed by atoms with Gasteiger partial charge in [0.05, 0.1) is 5.69 Å². The van der Waals surface area contributed by atoms with Gasteiger partial charge >= 0.3 is 0 Å². The molecule has 0 aliphatic carbocycles. The van der Waals surface area contributed by atoms with Gasteiger partial charge in [0.25, 0.3) is 0 Å². The van der Waals surface area contributed by atoms with Crippen molar-refractivity contribution < 1.29 is 0 Å². The van der Waals surface area contributed by atoms with E-state index in [4.69, 9.17) is 4.98 Å². The molecule has 2 nitrogen and oxygen atoms in total. The van der Waals surface area contributed by atoms with E-state index in [9.17, 15) is 0 Å². The van der Waals surface area contributed by atoms with Gasteiger partial charge in [-0.25, -0.2) is 4.98 Å². The second-order valence-corrected chi connectivity index (χ2v) is 9.67. The van der Waals surface area contributed by atoms with Crippen molar-refractivity contribution in [3.05, 3.63) is 53.6 Å². The Morgan fingerprint density at radius 3 is 1.84 bits per heavy atom. The first-order valence-electron chi connectivity index (χ1n) is 13.9. The predicted octanol–water partition coefficient (Wildman–Crippen LogP) is 9.10. The number of unbranched alkanes of at least 4 members (excludes halogenated alkanes) is 12. The van der Waals surface area contributed by atoms with Crippen LogP contribution in [0, 0.1) is 0 Å². The predicted molar refractivity (Wildman–Crippen MR) is 140 cm³/mol. The first-order chi connectivity index (χ1) is 15.8. The summed E-state index contributed by atoms with van der Waals surface area (Å²) < 4.78 is 2.50. The SMILES string of the molecule is CCCCCCCCCCn1cc(CCCc2ccccc2)nc1CCCCCCCC. The molecule has 180 valence electrons. The highest BCUT2D eigenvalue weighted by atomic mass is 15.1. The average Bonchev–Trinajstić information content (AvgIpc) is 3.20. The van der Waals surface area contributed by atoms with Crippen LogP contribution >= 0.6 is 0 Å². The average molecular weight is 439 g/mol. The van der Waals surface area contributed by atoms with Crippen LogP contribution in [-0.4, -0.2) is 9.55 Å². The lowest BCUT2D eigenvalue weighted by atomic mass is 10.1. The van der Waals surface area contributed by atoms with Crippen molar-refractivity contribution in [2.75, 3.05) is 0 Å². The maximum absolute atomic E-state index is 5.09. The standard InChI is InChI=1S/C30H50N2/c1-3-5-7-9-11-12-14-19-26-32-27-29(24-20-23-28-21-16-15-17-22-28)31-30(32)25-18-13-10-8-6-4-2/h15-17,21-22,27H,3-14,18-20,23-26H2,1-2H3. The highest BCUT2D eigenvalue weighted by Gasteiger charge is 2.08. The monoisotopic (exact) mass is 438 g/mol. The van der Waals surface area contributed by atoms with Crippen LogP contribution in [0.2, 0.25) is 0 Å². The minimum Gasteiger partial charge on any atom is -0.335 e. The van der Waals surface area contributed by atoms with Gasteiger partial charge < -0.3 is 4.57 Å². The molecule has 0 atom stereocenters. The number of hydrogen-bond acceptors (Lipinski definition) is 1. The van der Waals surface area contributed by atoms with Crippen LogP contribution in [0.4, 0.5) is 0 Å². The van der Waals surface area contributed by atoms with Crippen LogP contribution in [0.1, 0.15) is 127 Å². The van der Waals surface area contributed by atoms with Gasteiger partial charge in [0, 0.05) is 19.2 Å². The fourth-order valence-electron chi connectivity index (χ4n) is 4.62. The molecule has 0 radical (unpaired) electrons. The van der Waals surface area contributed by atoms with E-state index >= 15 is 0 Å². The summed E-state index contributed by atoms with van der Waals surface area (Å²) in [6.07, 6.45) is 26.2. The second kappa shape index (κ2) is 17.9. The minimum absolute atomic E-state index is 1.10. The lowest BCUT2D eigenvalue weighted by molar-refractivity contribution is 0.528. The summed E-state index contributed by atoms with van der Waals surface area (Å²) in [6, 6.07) is 10.9. The molecular formula is C30H50N2. The molecule has 0 bridgehead atoms. The molecule has 2 rings (SSSR count). The molecular weight excluding hydrogens is 388 g/mol. The number of rotatable bonds is 20. The van der Waals surface area contributed by atoms with Crippen LogP contribution < -0.4 is 0 Å². The van der Waals surface area contributed by atoms with Crippen molar-refractivity contribution >= 4 is 0 Å². The van der Waals surface area contributed by atoms with Crippen LogP contribution in [0.25, 0.3) is 0 Å². The molecule has 1 heterocycles. The fraction of sp³-hybridized carbons (Fsp3) is 0.700. The lowest BCUT2D eigenvalue weighted by Gasteiger charge is -2.08. The van der Waals surface area contributed by atoms with Crippen LogP contribution in [0.3, 0.4) is 0 Å². The lowest BCUT2D eigenvalue weighted by Crippen LogP contribution is -2.03. The molecule has 0 fully saturated rings. The van der Waals surface area contributed by atoms with E-state index in [2.05, 4.69) is 54.9 Å². The Labute approximate surface area is 199 Å².